The number of nitrogens with one attached hydrogen (secondary N) is 1. The number of aromatic nitrogens is 1. The summed E-state index contributed by atoms with van der Waals surface area (Å²) in [7, 11) is 0. The zero-order chi connectivity index (χ0) is 18.1. The lowest BCUT2D eigenvalue weighted by Gasteiger charge is -2.41. The number of anilines is 1. The third kappa shape index (κ3) is 3.43. The molecule has 3 saturated heterocycles. The first-order chi connectivity index (χ1) is 12.6. The number of piperidine rings is 1. The summed E-state index contributed by atoms with van der Waals surface area (Å²) in [6.45, 7) is 5.66. The van der Waals surface area contributed by atoms with Crippen molar-refractivity contribution in [3.63, 3.8) is 0 Å². The Morgan fingerprint density at radius 1 is 1.35 bits per heavy atom. The van der Waals surface area contributed by atoms with Crippen molar-refractivity contribution in [1.82, 2.24) is 15.2 Å². The highest BCUT2D eigenvalue weighted by Gasteiger charge is 2.51. The van der Waals surface area contributed by atoms with E-state index in [1.807, 2.05) is 6.20 Å². The average molecular weight is 380 g/mol. The molecular formula is C17H24N4O4S. The molecule has 4 heterocycles. The Hall–Kier alpha value is -1.71. The Morgan fingerprint density at radius 2 is 2.08 bits per heavy atom. The van der Waals surface area contributed by atoms with Crippen molar-refractivity contribution in [1.29, 1.82) is 0 Å². The normalized spacial score (nSPS) is 26.2. The van der Waals surface area contributed by atoms with E-state index in [0.29, 0.717) is 12.8 Å². The van der Waals surface area contributed by atoms with E-state index in [2.05, 4.69) is 20.1 Å². The first-order valence-electron chi connectivity index (χ1n) is 9.09. The molecule has 4 rings (SSSR count). The number of carboxylic acid groups (broad SMARTS) is 1. The number of likely N-dealkylation sites (tertiary alicyclic amines) is 1. The molecule has 0 bridgehead atoms. The van der Waals surface area contributed by atoms with E-state index in [4.69, 9.17) is 4.74 Å². The highest BCUT2D eigenvalue weighted by atomic mass is 32.1. The van der Waals surface area contributed by atoms with Gasteiger partial charge in [-0.25, -0.2) is 4.98 Å². The number of thiazole rings is 1. The second-order valence-electron chi connectivity index (χ2n) is 7.28. The number of rotatable bonds is 4. The van der Waals surface area contributed by atoms with Crippen LogP contribution in [0, 0.1) is 5.92 Å². The van der Waals surface area contributed by atoms with Crippen LogP contribution in [-0.4, -0.2) is 71.8 Å². The highest BCUT2D eigenvalue weighted by molar-refractivity contribution is 7.15. The number of morpholine rings is 1. The van der Waals surface area contributed by atoms with Gasteiger partial charge >= 0.3 is 5.97 Å². The molecule has 26 heavy (non-hydrogen) atoms. The summed E-state index contributed by atoms with van der Waals surface area (Å²) in [4.78, 5) is 33.6. The predicted octanol–water partition coefficient (Wildman–Crippen LogP) is 0.535. The first-order valence-corrected chi connectivity index (χ1v) is 9.91. The number of hydrogen-bond acceptors (Lipinski definition) is 7. The fourth-order valence-corrected chi connectivity index (χ4v) is 5.20. The molecule has 0 radical (unpaired) electrons. The molecule has 2 N–H and O–H groups in total. The molecule has 3 aliphatic heterocycles. The van der Waals surface area contributed by atoms with Gasteiger partial charge in [-0.2, -0.15) is 0 Å². The molecule has 1 aromatic heterocycles. The van der Waals surface area contributed by atoms with Crippen LogP contribution in [-0.2, 0) is 20.9 Å². The largest absolute Gasteiger partial charge is 0.481 e. The smallest absolute Gasteiger partial charge is 0.309 e. The number of carbonyl (C=O) groups excluding carboxylic acids is 1. The van der Waals surface area contributed by atoms with Crippen LogP contribution in [0.3, 0.4) is 0 Å². The van der Waals surface area contributed by atoms with Crippen LogP contribution in [0.5, 0.6) is 0 Å². The minimum Gasteiger partial charge on any atom is -0.481 e. The standard InChI is InChI=1S/C17H24N4O4S/c22-14-9-13(15(23)24)17(19-14)1-3-20(4-2-17)11-12-10-18-16(26-12)21-5-7-25-8-6-21/h10,13H,1-9,11H2,(H,19,22)(H,23,24)/t13-/m0/s1. The van der Waals surface area contributed by atoms with Gasteiger partial charge in [0.05, 0.1) is 24.7 Å². The van der Waals surface area contributed by atoms with Crippen molar-refractivity contribution in [2.45, 2.75) is 31.3 Å². The quantitative estimate of drug-likeness (QED) is 0.787. The topological polar surface area (TPSA) is 95.0 Å². The molecule has 0 unspecified atom stereocenters. The molecule has 9 heteroatoms. The van der Waals surface area contributed by atoms with Gasteiger partial charge in [0.2, 0.25) is 5.91 Å². The maximum absolute atomic E-state index is 11.7. The SMILES string of the molecule is O=C1C[C@@H](C(=O)O)C2(CCN(Cc3cnc(N4CCOCC4)s3)CC2)N1. The molecule has 3 fully saturated rings. The summed E-state index contributed by atoms with van der Waals surface area (Å²) in [6, 6.07) is 0. The van der Waals surface area contributed by atoms with Gasteiger partial charge in [0.15, 0.2) is 5.13 Å². The van der Waals surface area contributed by atoms with Gasteiger partial charge in [0.1, 0.15) is 0 Å². The van der Waals surface area contributed by atoms with E-state index in [9.17, 15) is 14.7 Å². The third-order valence-electron chi connectivity index (χ3n) is 5.69. The van der Waals surface area contributed by atoms with Crippen LogP contribution < -0.4 is 10.2 Å². The van der Waals surface area contributed by atoms with E-state index in [1.165, 1.54) is 4.88 Å². The monoisotopic (exact) mass is 380 g/mol. The zero-order valence-electron chi connectivity index (χ0n) is 14.6. The van der Waals surface area contributed by atoms with Crippen molar-refractivity contribution in [3.05, 3.63) is 11.1 Å². The van der Waals surface area contributed by atoms with Crippen molar-refractivity contribution in [2.75, 3.05) is 44.3 Å². The van der Waals surface area contributed by atoms with E-state index >= 15 is 0 Å². The fraction of sp³-hybridized carbons (Fsp3) is 0.706. The van der Waals surface area contributed by atoms with Crippen LogP contribution in [0.2, 0.25) is 0 Å². The number of nitrogens with zero attached hydrogens (tertiary/aromatic N) is 3. The predicted molar refractivity (Wildman–Crippen MR) is 96.3 cm³/mol. The summed E-state index contributed by atoms with van der Waals surface area (Å²) in [5.74, 6) is -1.61. The number of carboxylic acids is 1. The van der Waals surface area contributed by atoms with Crippen molar-refractivity contribution >= 4 is 28.3 Å². The Labute approximate surface area is 156 Å². The minimum atomic E-state index is -0.866. The summed E-state index contributed by atoms with van der Waals surface area (Å²) in [5, 5.41) is 13.5. The summed E-state index contributed by atoms with van der Waals surface area (Å²) in [5.41, 5.74) is -0.563. The van der Waals surface area contributed by atoms with Gasteiger partial charge in [-0.1, -0.05) is 0 Å². The van der Waals surface area contributed by atoms with Gasteiger partial charge in [-0.05, 0) is 12.8 Å². The molecule has 142 valence electrons. The molecule has 1 spiro atoms. The molecular weight excluding hydrogens is 356 g/mol. The Balaban J connectivity index is 1.35. The molecule has 0 aliphatic carbocycles. The maximum atomic E-state index is 11.7. The molecule has 0 aromatic carbocycles. The van der Waals surface area contributed by atoms with E-state index in [1.54, 1.807) is 11.3 Å². The van der Waals surface area contributed by atoms with Crippen LogP contribution >= 0.6 is 11.3 Å². The second kappa shape index (κ2) is 7.13. The lowest BCUT2D eigenvalue weighted by atomic mass is 9.78. The van der Waals surface area contributed by atoms with Crippen LogP contribution in [0.4, 0.5) is 5.13 Å². The van der Waals surface area contributed by atoms with E-state index in [0.717, 1.165) is 51.1 Å². The second-order valence-corrected chi connectivity index (χ2v) is 8.38. The van der Waals surface area contributed by atoms with Gasteiger partial charge in [0, 0.05) is 50.2 Å². The maximum Gasteiger partial charge on any atom is 0.309 e. The number of amides is 1. The highest BCUT2D eigenvalue weighted by Crippen LogP contribution is 2.37. The van der Waals surface area contributed by atoms with Crippen molar-refractivity contribution in [2.24, 2.45) is 5.92 Å². The molecule has 3 aliphatic rings. The minimum absolute atomic E-state index is 0.104. The molecule has 0 saturated carbocycles. The first kappa shape index (κ1) is 17.7. The summed E-state index contributed by atoms with van der Waals surface area (Å²) in [6.07, 6.45) is 3.42. The molecule has 8 nitrogen and oxygen atoms in total. The van der Waals surface area contributed by atoms with Crippen LogP contribution in [0.25, 0.3) is 0 Å². The van der Waals surface area contributed by atoms with Crippen molar-refractivity contribution in [3.8, 4) is 0 Å². The molecule has 1 aromatic rings. The molecule has 1 atom stereocenters. The Bertz CT molecular complexity index is 680. The van der Waals surface area contributed by atoms with E-state index in [-0.39, 0.29) is 12.3 Å². The average Bonchev–Trinajstić information content (AvgIpc) is 3.23. The Kier molecular flexibility index (Phi) is 4.85. The van der Waals surface area contributed by atoms with Crippen molar-refractivity contribution < 1.29 is 19.4 Å². The van der Waals surface area contributed by atoms with Gasteiger partial charge in [-0.3, -0.25) is 14.5 Å². The number of carbonyl (C=O) groups is 2. The molecule has 1 amide bonds. The number of hydrogen-bond donors (Lipinski definition) is 2. The van der Waals surface area contributed by atoms with E-state index < -0.39 is 17.4 Å². The number of ether oxygens (including phenoxy) is 1. The zero-order valence-corrected chi connectivity index (χ0v) is 15.5. The summed E-state index contributed by atoms with van der Waals surface area (Å²) >= 11 is 1.72. The number of aliphatic carboxylic acids is 1. The Morgan fingerprint density at radius 3 is 2.77 bits per heavy atom. The third-order valence-corrected chi connectivity index (χ3v) is 6.74. The lowest BCUT2D eigenvalue weighted by molar-refractivity contribution is -0.144. The van der Waals surface area contributed by atoms with Gasteiger partial charge in [-0.15, -0.1) is 11.3 Å². The summed E-state index contributed by atoms with van der Waals surface area (Å²) < 4.78 is 5.38. The van der Waals surface area contributed by atoms with Crippen LogP contribution in [0.15, 0.2) is 6.20 Å². The van der Waals surface area contributed by atoms with Gasteiger partial charge < -0.3 is 20.1 Å². The fourth-order valence-electron chi connectivity index (χ4n) is 4.20. The lowest BCUT2D eigenvalue weighted by Crippen LogP contribution is -2.55. The van der Waals surface area contributed by atoms with Gasteiger partial charge in [0.25, 0.3) is 0 Å². The van der Waals surface area contributed by atoms with Crippen LogP contribution in [0.1, 0.15) is 24.1 Å².